The Morgan fingerprint density at radius 1 is 1.05 bits per heavy atom. The van der Waals surface area contributed by atoms with Crippen LogP contribution in [-0.2, 0) is 0 Å². The number of rotatable bonds is 4. The SMILES string of the molecule is COc1ccc(NC(=S)Nc2ccc(F)c(C)c2)c(OC)c1. The van der Waals surface area contributed by atoms with Gasteiger partial charge in [0, 0.05) is 11.8 Å². The number of methoxy groups -OCH3 is 2. The zero-order chi connectivity index (χ0) is 16.1. The number of anilines is 2. The number of aryl methyl sites for hydroxylation is 1. The number of hydrogen-bond donors (Lipinski definition) is 2. The van der Waals surface area contributed by atoms with Gasteiger partial charge in [0.25, 0.3) is 0 Å². The van der Waals surface area contributed by atoms with Crippen molar-refractivity contribution in [2.24, 2.45) is 0 Å². The molecule has 0 unspecified atom stereocenters. The number of halogens is 1. The second kappa shape index (κ2) is 7.09. The fraction of sp³-hybridized carbons (Fsp3) is 0.188. The van der Waals surface area contributed by atoms with Crippen molar-refractivity contribution in [1.29, 1.82) is 0 Å². The first kappa shape index (κ1) is 16.0. The summed E-state index contributed by atoms with van der Waals surface area (Å²) in [6.07, 6.45) is 0. The molecule has 0 bridgehead atoms. The van der Waals surface area contributed by atoms with Crippen LogP contribution >= 0.6 is 12.2 Å². The van der Waals surface area contributed by atoms with Gasteiger partial charge in [0.05, 0.1) is 19.9 Å². The number of hydrogen-bond acceptors (Lipinski definition) is 3. The van der Waals surface area contributed by atoms with E-state index >= 15 is 0 Å². The third kappa shape index (κ3) is 3.85. The predicted molar refractivity (Wildman–Crippen MR) is 90.5 cm³/mol. The zero-order valence-electron chi connectivity index (χ0n) is 12.6. The lowest BCUT2D eigenvalue weighted by atomic mass is 10.2. The van der Waals surface area contributed by atoms with Crippen molar-refractivity contribution in [3.05, 3.63) is 47.8 Å². The lowest BCUT2D eigenvalue weighted by molar-refractivity contribution is 0.395. The summed E-state index contributed by atoms with van der Waals surface area (Å²) in [6.45, 7) is 1.70. The van der Waals surface area contributed by atoms with Crippen LogP contribution in [0.5, 0.6) is 11.5 Å². The highest BCUT2D eigenvalue weighted by Gasteiger charge is 2.07. The maximum atomic E-state index is 13.2. The summed E-state index contributed by atoms with van der Waals surface area (Å²) in [7, 11) is 3.16. The van der Waals surface area contributed by atoms with E-state index < -0.39 is 0 Å². The van der Waals surface area contributed by atoms with Crippen molar-refractivity contribution in [3.8, 4) is 11.5 Å². The summed E-state index contributed by atoms with van der Waals surface area (Å²) in [5, 5.41) is 6.43. The Bertz CT molecular complexity index is 692. The highest BCUT2D eigenvalue weighted by atomic mass is 32.1. The predicted octanol–water partition coefficient (Wildman–Crippen LogP) is 3.96. The monoisotopic (exact) mass is 320 g/mol. The van der Waals surface area contributed by atoms with Crippen molar-refractivity contribution in [1.82, 2.24) is 0 Å². The van der Waals surface area contributed by atoms with E-state index in [4.69, 9.17) is 21.7 Å². The average molecular weight is 320 g/mol. The van der Waals surface area contributed by atoms with Gasteiger partial charge in [0.1, 0.15) is 17.3 Å². The summed E-state index contributed by atoms with van der Waals surface area (Å²) in [5.74, 6) is 1.05. The van der Waals surface area contributed by atoms with Crippen LogP contribution in [0.2, 0.25) is 0 Å². The Kier molecular flexibility index (Phi) is 5.16. The maximum absolute atomic E-state index is 13.2. The number of nitrogens with one attached hydrogen (secondary N) is 2. The molecule has 0 radical (unpaired) electrons. The molecule has 0 fully saturated rings. The quantitative estimate of drug-likeness (QED) is 0.835. The minimum Gasteiger partial charge on any atom is -0.497 e. The summed E-state index contributed by atoms with van der Waals surface area (Å²) >= 11 is 5.26. The second-order valence-electron chi connectivity index (χ2n) is 4.61. The average Bonchev–Trinajstić information content (AvgIpc) is 2.51. The van der Waals surface area contributed by atoms with Crippen LogP contribution < -0.4 is 20.1 Å². The topological polar surface area (TPSA) is 42.5 Å². The highest BCUT2D eigenvalue weighted by molar-refractivity contribution is 7.80. The van der Waals surface area contributed by atoms with Gasteiger partial charge < -0.3 is 20.1 Å². The van der Waals surface area contributed by atoms with Crippen LogP contribution in [-0.4, -0.2) is 19.3 Å². The molecule has 0 spiro atoms. The highest BCUT2D eigenvalue weighted by Crippen LogP contribution is 2.29. The first-order chi connectivity index (χ1) is 10.5. The molecular formula is C16H17FN2O2S. The Hall–Kier alpha value is -2.34. The van der Waals surface area contributed by atoms with Gasteiger partial charge in [-0.15, -0.1) is 0 Å². The lowest BCUT2D eigenvalue weighted by Crippen LogP contribution is -2.19. The van der Waals surface area contributed by atoms with Crippen molar-refractivity contribution >= 4 is 28.7 Å². The third-order valence-corrected chi connectivity index (χ3v) is 3.28. The van der Waals surface area contributed by atoms with Gasteiger partial charge in [-0.05, 0) is 55.0 Å². The molecule has 2 N–H and O–H groups in total. The molecule has 0 aromatic heterocycles. The van der Waals surface area contributed by atoms with E-state index in [1.54, 1.807) is 45.4 Å². The van der Waals surface area contributed by atoms with E-state index in [-0.39, 0.29) is 5.82 Å². The summed E-state index contributed by atoms with van der Waals surface area (Å²) in [6, 6.07) is 10.1. The van der Waals surface area contributed by atoms with Crippen molar-refractivity contribution in [2.45, 2.75) is 6.92 Å². The molecule has 2 rings (SSSR count). The van der Waals surface area contributed by atoms with Crippen LogP contribution in [0, 0.1) is 12.7 Å². The third-order valence-electron chi connectivity index (χ3n) is 3.07. The standard InChI is InChI=1S/C16H17FN2O2S/c1-10-8-11(4-6-13(10)17)18-16(22)19-14-7-5-12(20-2)9-15(14)21-3/h4-9H,1-3H3,(H2,18,19,22). The molecule has 2 aromatic rings. The second-order valence-corrected chi connectivity index (χ2v) is 5.02. The van der Waals surface area contributed by atoms with E-state index in [2.05, 4.69) is 10.6 Å². The molecule has 4 nitrogen and oxygen atoms in total. The van der Waals surface area contributed by atoms with Gasteiger partial charge >= 0.3 is 0 Å². The fourth-order valence-electron chi connectivity index (χ4n) is 1.91. The van der Waals surface area contributed by atoms with Crippen LogP contribution in [0.15, 0.2) is 36.4 Å². The first-order valence-electron chi connectivity index (χ1n) is 6.59. The molecule has 0 heterocycles. The number of benzene rings is 2. The molecule has 0 aliphatic carbocycles. The lowest BCUT2D eigenvalue weighted by Gasteiger charge is -2.14. The van der Waals surface area contributed by atoms with E-state index in [9.17, 15) is 4.39 Å². The van der Waals surface area contributed by atoms with Crippen molar-refractivity contribution in [2.75, 3.05) is 24.9 Å². The van der Waals surface area contributed by atoms with Crippen LogP contribution in [0.25, 0.3) is 0 Å². The molecule has 0 saturated heterocycles. The van der Waals surface area contributed by atoms with Gasteiger partial charge in [0.15, 0.2) is 5.11 Å². The van der Waals surface area contributed by atoms with Crippen LogP contribution in [0.1, 0.15) is 5.56 Å². The number of thiocarbonyl (C=S) groups is 1. The van der Waals surface area contributed by atoms with E-state index in [1.807, 2.05) is 6.07 Å². The first-order valence-corrected chi connectivity index (χ1v) is 7.00. The molecule has 2 aromatic carbocycles. The van der Waals surface area contributed by atoms with Gasteiger partial charge in [-0.2, -0.15) is 0 Å². The molecule has 0 saturated carbocycles. The smallest absolute Gasteiger partial charge is 0.175 e. The van der Waals surface area contributed by atoms with E-state index in [0.29, 0.717) is 33.5 Å². The van der Waals surface area contributed by atoms with Crippen LogP contribution in [0.3, 0.4) is 0 Å². The summed E-state index contributed by atoms with van der Waals surface area (Å²) in [4.78, 5) is 0. The van der Waals surface area contributed by atoms with Crippen molar-refractivity contribution in [3.63, 3.8) is 0 Å². The summed E-state index contributed by atoms with van der Waals surface area (Å²) in [5.41, 5.74) is 1.97. The Labute approximate surface area is 134 Å². The minimum atomic E-state index is -0.249. The normalized spacial score (nSPS) is 10.0. The van der Waals surface area contributed by atoms with Gasteiger partial charge in [-0.1, -0.05) is 0 Å². The Morgan fingerprint density at radius 2 is 1.82 bits per heavy atom. The number of ether oxygens (including phenoxy) is 2. The molecule has 0 atom stereocenters. The van der Waals surface area contributed by atoms with Crippen molar-refractivity contribution < 1.29 is 13.9 Å². The molecule has 22 heavy (non-hydrogen) atoms. The molecule has 6 heteroatoms. The maximum Gasteiger partial charge on any atom is 0.175 e. The van der Waals surface area contributed by atoms with Gasteiger partial charge in [-0.3, -0.25) is 0 Å². The fourth-order valence-corrected chi connectivity index (χ4v) is 2.14. The molecular weight excluding hydrogens is 303 g/mol. The van der Waals surface area contributed by atoms with E-state index in [0.717, 1.165) is 0 Å². The largest absolute Gasteiger partial charge is 0.497 e. The molecule has 116 valence electrons. The Balaban J connectivity index is 2.10. The van der Waals surface area contributed by atoms with Gasteiger partial charge in [0.2, 0.25) is 0 Å². The van der Waals surface area contributed by atoms with E-state index in [1.165, 1.54) is 6.07 Å². The molecule has 0 aliphatic rings. The summed E-state index contributed by atoms with van der Waals surface area (Å²) < 4.78 is 23.7. The van der Waals surface area contributed by atoms with Gasteiger partial charge in [-0.25, -0.2) is 4.39 Å². The zero-order valence-corrected chi connectivity index (χ0v) is 13.4. The van der Waals surface area contributed by atoms with Crippen LogP contribution in [0.4, 0.5) is 15.8 Å². The minimum absolute atomic E-state index is 0.249. The Morgan fingerprint density at radius 3 is 2.45 bits per heavy atom. The molecule has 0 amide bonds. The molecule has 0 aliphatic heterocycles.